The van der Waals surface area contributed by atoms with Gasteiger partial charge in [0.25, 0.3) is 0 Å². The fraction of sp³-hybridized carbons (Fsp3) is 0.333. The molecule has 2 aromatic carbocycles. The Morgan fingerprint density at radius 1 is 1.07 bits per heavy atom. The monoisotopic (exact) mass is 374 g/mol. The molecule has 0 spiro atoms. The van der Waals surface area contributed by atoms with Crippen molar-refractivity contribution in [3.63, 3.8) is 0 Å². The minimum absolute atomic E-state index is 0.253. The van der Waals surface area contributed by atoms with Crippen molar-refractivity contribution in [3.8, 4) is 5.75 Å². The smallest absolute Gasteiger partial charge is 0.163 e. The molecule has 0 bridgehead atoms. The summed E-state index contributed by atoms with van der Waals surface area (Å²) in [6, 6.07) is 12.4. The number of nitrogens with zero attached hydrogens (tertiary/aromatic N) is 2. The number of aromatic nitrogens is 2. The number of fused-ring (bicyclic) bond motifs is 1. The lowest BCUT2D eigenvalue weighted by Crippen LogP contribution is -2.11. The number of hydrogen-bond acceptors (Lipinski definition) is 3. The molecular formula is C24H26N2O2. The number of carbonyl (C=O) groups excluding carboxylic acids is 1. The minimum atomic E-state index is 0.253. The Kier molecular flexibility index (Phi) is 5.29. The van der Waals surface area contributed by atoms with E-state index in [-0.39, 0.29) is 5.78 Å². The van der Waals surface area contributed by atoms with Crippen LogP contribution in [0.1, 0.15) is 51.1 Å². The van der Waals surface area contributed by atoms with Gasteiger partial charge in [0.1, 0.15) is 5.75 Å². The average molecular weight is 374 g/mol. The molecule has 1 aromatic heterocycles. The topological polar surface area (TPSA) is 44.1 Å². The maximum Gasteiger partial charge on any atom is 0.163 e. The summed E-state index contributed by atoms with van der Waals surface area (Å²) >= 11 is 0. The number of ether oxygens (including phenoxy) is 1. The Morgan fingerprint density at radius 3 is 2.82 bits per heavy atom. The van der Waals surface area contributed by atoms with Crippen molar-refractivity contribution < 1.29 is 9.53 Å². The van der Waals surface area contributed by atoms with Gasteiger partial charge in [-0.2, -0.15) is 0 Å². The normalized spacial score (nSPS) is 13.4. The molecule has 1 aliphatic rings. The quantitative estimate of drug-likeness (QED) is 0.629. The van der Waals surface area contributed by atoms with Crippen LogP contribution < -0.4 is 4.74 Å². The van der Waals surface area contributed by atoms with E-state index >= 15 is 0 Å². The van der Waals surface area contributed by atoms with Gasteiger partial charge in [-0.1, -0.05) is 18.2 Å². The zero-order valence-electron chi connectivity index (χ0n) is 16.6. The fourth-order valence-corrected chi connectivity index (χ4v) is 3.78. The zero-order chi connectivity index (χ0) is 19.5. The number of ketones is 1. The first kappa shape index (κ1) is 18.5. The van der Waals surface area contributed by atoms with Gasteiger partial charge in [0.2, 0.25) is 0 Å². The Labute approximate surface area is 166 Å². The lowest BCUT2D eigenvalue weighted by molar-refractivity contribution is 0.0972. The third-order valence-electron chi connectivity index (χ3n) is 5.58. The molecule has 4 rings (SSSR count). The number of imidazole rings is 1. The van der Waals surface area contributed by atoms with E-state index in [1.54, 1.807) is 0 Å². The molecule has 0 saturated heterocycles. The van der Waals surface area contributed by atoms with E-state index in [0.29, 0.717) is 13.0 Å². The van der Waals surface area contributed by atoms with Gasteiger partial charge in [-0.25, -0.2) is 4.98 Å². The van der Waals surface area contributed by atoms with Crippen LogP contribution in [0, 0.1) is 13.8 Å². The molecule has 4 heteroatoms. The van der Waals surface area contributed by atoms with Gasteiger partial charge in [-0.15, -0.1) is 0 Å². The van der Waals surface area contributed by atoms with E-state index in [1.807, 2.05) is 30.7 Å². The van der Waals surface area contributed by atoms with E-state index in [2.05, 4.69) is 41.6 Å². The lowest BCUT2D eigenvalue weighted by atomic mass is 9.90. The first-order valence-electron chi connectivity index (χ1n) is 9.94. The molecular weight excluding hydrogens is 348 g/mol. The van der Waals surface area contributed by atoms with Crippen LogP contribution in [0.3, 0.4) is 0 Å². The Morgan fingerprint density at radius 2 is 1.96 bits per heavy atom. The van der Waals surface area contributed by atoms with Gasteiger partial charge in [-0.05, 0) is 67.1 Å². The molecule has 3 aromatic rings. The van der Waals surface area contributed by atoms with Crippen molar-refractivity contribution >= 4 is 5.78 Å². The molecule has 0 fully saturated rings. The molecule has 144 valence electrons. The van der Waals surface area contributed by atoms with Gasteiger partial charge >= 0.3 is 0 Å². The lowest BCUT2D eigenvalue weighted by Gasteiger charge is -2.16. The first-order chi connectivity index (χ1) is 13.6. The van der Waals surface area contributed by atoms with Crippen LogP contribution in [0.4, 0.5) is 0 Å². The van der Waals surface area contributed by atoms with Crippen LogP contribution in [0.15, 0.2) is 48.9 Å². The number of Topliss-reactive ketones (excluding diaryl/α,β-unsaturated/α-hetero) is 1. The van der Waals surface area contributed by atoms with Crippen molar-refractivity contribution in [3.05, 3.63) is 82.4 Å². The number of aryl methyl sites for hydroxylation is 3. The molecule has 28 heavy (non-hydrogen) atoms. The summed E-state index contributed by atoms with van der Waals surface area (Å²) in [5.74, 6) is 1.09. The van der Waals surface area contributed by atoms with Crippen LogP contribution >= 0.6 is 0 Å². The van der Waals surface area contributed by atoms with Crippen molar-refractivity contribution in [2.75, 3.05) is 6.61 Å². The highest BCUT2D eigenvalue weighted by atomic mass is 16.5. The number of benzene rings is 2. The van der Waals surface area contributed by atoms with Gasteiger partial charge in [0.05, 0.1) is 12.9 Å². The summed E-state index contributed by atoms with van der Waals surface area (Å²) in [6.45, 7) is 5.69. The third kappa shape index (κ3) is 4.01. The molecule has 0 amide bonds. The predicted octanol–water partition coefficient (Wildman–Crippen LogP) is 4.69. The highest BCUT2D eigenvalue weighted by molar-refractivity contribution is 5.98. The summed E-state index contributed by atoms with van der Waals surface area (Å²) < 4.78 is 8.15. The van der Waals surface area contributed by atoms with Gasteiger partial charge in [0, 0.05) is 36.8 Å². The second-order valence-corrected chi connectivity index (χ2v) is 7.63. The van der Waals surface area contributed by atoms with Crippen molar-refractivity contribution in [1.82, 2.24) is 9.55 Å². The van der Waals surface area contributed by atoms with Crippen molar-refractivity contribution in [1.29, 1.82) is 0 Å². The Bertz CT molecular complexity index is 1000. The maximum absolute atomic E-state index is 11.9. The SMILES string of the molecule is Cc1ccc(Cn2cncc2CCOc2ccc3c(c2)CCCC3=O)cc1C. The summed E-state index contributed by atoms with van der Waals surface area (Å²) in [6.07, 6.45) is 7.15. The molecule has 0 N–H and O–H groups in total. The first-order valence-corrected chi connectivity index (χ1v) is 9.94. The standard InChI is InChI=1S/C24H26N2O2/c1-17-6-7-19(12-18(17)2)15-26-16-25-14-21(26)10-11-28-22-8-9-23-20(13-22)4-3-5-24(23)27/h6-9,12-14,16H,3-5,10-11,15H2,1-2H3. The third-order valence-corrected chi connectivity index (χ3v) is 5.58. The van der Waals surface area contributed by atoms with Crippen LogP contribution in [0.5, 0.6) is 5.75 Å². The van der Waals surface area contributed by atoms with E-state index < -0.39 is 0 Å². The van der Waals surface area contributed by atoms with E-state index in [9.17, 15) is 4.79 Å². The average Bonchev–Trinajstić information content (AvgIpc) is 3.12. The molecule has 0 atom stereocenters. The van der Waals surface area contributed by atoms with Crippen molar-refractivity contribution in [2.24, 2.45) is 0 Å². The van der Waals surface area contributed by atoms with Gasteiger partial charge in [-0.3, -0.25) is 4.79 Å². The highest BCUT2D eigenvalue weighted by Gasteiger charge is 2.17. The molecule has 1 heterocycles. The second-order valence-electron chi connectivity index (χ2n) is 7.63. The minimum Gasteiger partial charge on any atom is -0.493 e. The molecule has 0 aliphatic heterocycles. The Hall–Kier alpha value is -2.88. The highest BCUT2D eigenvalue weighted by Crippen LogP contribution is 2.25. The summed E-state index contributed by atoms with van der Waals surface area (Å²) in [7, 11) is 0. The fourth-order valence-electron chi connectivity index (χ4n) is 3.78. The number of rotatable bonds is 6. The summed E-state index contributed by atoms with van der Waals surface area (Å²) in [5, 5.41) is 0. The van der Waals surface area contributed by atoms with Gasteiger partial charge < -0.3 is 9.30 Å². The zero-order valence-corrected chi connectivity index (χ0v) is 16.6. The molecule has 0 unspecified atom stereocenters. The molecule has 0 radical (unpaired) electrons. The summed E-state index contributed by atoms with van der Waals surface area (Å²) in [4.78, 5) is 16.3. The maximum atomic E-state index is 11.9. The molecule has 0 saturated carbocycles. The van der Waals surface area contributed by atoms with Crippen LogP contribution in [-0.4, -0.2) is 21.9 Å². The van der Waals surface area contributed by atoms with Gasteiger partial charge in [0.15, 0.2) is 5.78 Å². The van der Waals surface area contributed by atoms with Crippen LogP contribution in [0.25, 0.3) is 0 Å². The molecule has 4 nitrogen and oxygen atoms in total. The number of hydrogen-bond donors (Lipinski definition) is 0. The van der Waals surface area contributed by atoms with E-state index in [0.717, 1.165) is 48.4 Å². The second kappa shape index (κ2) is 8.01. The Balaban J connectivity index is 1.38. The summed E-state index contributed by atoms with van der Waals surface area (Å²) in [5.41, 5.74) is 7.05. The van der Waals surface area contributed by atoms with Crippen LogP contribution in [0.2, 0.25) is 0 Å². The molecule has 1 aliphatic carbocycles. The van der Waals surface area contributed by atoms with Crippen molar-refractivity contribution in [2.45, 2.75) is 46.1 Å². The number of carbonyl (C=O) groups is 1. The predicted molar refractivity (Wildman–Crippen MR) is 110 cm³/mol. The van der Waals surface area contributed by atoms with Crippen LogP contribution in [-0.2, 0) is 19.4 Å². The van der Waals surface area contributed by atoms with E-state index in [1.165, 1.54) is 16.7 Å². The largest absolute Gasteiger partial charge is 0.493 e. The van der Waals surface area contributed by atoms with E-state index in [4.69, 9.17) is 4.74 Å².